The van der Waals surface area contributed by atoms with Crippen molar-refractivity contribution in [1.29, 1.82) is 0 Å². The van der Waals surface area contributed by atoms with E-state index in [4.69, 9.17) is 11.6 Å². The number of aryl methyl sites for hydroxylation is 3. The second kappa shape index (κ2) is 9.15. The van der Waals surface area contributed by atoms with E-state index in [1.54, 1.807) is 4.90 Å². The summed E-state index contributed by atoms with van der Waals surface area (Å²) in [7, 11) is 0. The van der Waals surface area contributed by atoms with Crippen LogP contribution in [0.3, 0.4) is 0 Å². The van der Waals surface area contributed by atoms with Gasteiger partial charge in [0.25, 0.3) is 11.6 Å². The second-order valence-electron chi connectivity index (χ2n) is 8.23. The van der Waals surface area contributed by atoms with Crippen molar-refractivity contribution in [2.45, 2.75) is 20.8 Å². The molecule has 8 nitrogen and oxygen atoms in total. The van der Waals surface area contributed by atoms with Gasteiger partial charge in [-0.2, -0.15) is 0 Å². The van der Waals surface area contributed by atoms with Crippen LogP contribution in [-0.4, -0.2) is 52.1 Å². The van der Waals surface area contributed by atoms with E-state index in [0.29, 0.717) is 26.2 Å². The highest BCUT2D eigenvalue weighted by molar-refractivity contribution is 6.34. The summed E-state index contributed by atoms with van der Waals surface area (Å²) >= 11 is 6.13. The third-order valence-corrected chi connectivity index (χ3v) is 6.36. The van der Waals surface area contributed by atoms with Gasteiger partial charge in [-0.3, -0.25) is 14.9 Å². The standard InChI is InChI=1S/C24H24ClN5O3/c1-15-12-17(3)20(13-16(15)2)22-6-7-23(27-26-22)28-8-10-29(11-9-28)24(31)19-5-4-18(30(32)33)14-21(19)25/h4-7,12-14H,8-11H2,1-3H3. The predicted octanol–water partition coefficient (Wildman–Crippen LogP) is 4.59. The summed E-state index contributed by atoms with van der Waals surface area (Å²) in [6, 6.07) is 12.2. The summed E-state index contributed by atoms with van der Waals surface area (Å²) in [6.07, 6.45) is 0. The van der Waals surface area contributed by atoms with E-state index in [0.717, 1.165) is 22.6 Å². The van der Waals surface area contributed by atoms with Crippen LogP contribution in [0.15, 0.2) is 42.5 Å². The third kappa shape index (κ3) is 4.66. The summed E-state index contributed by atoms with van der Waals surface area (Å²) in [5.74, 6) is 0.530. The topological polar surface area (TPSA) is 92.5 Å². The average molecular weight is 466 g/mol. The molecule has 2 aromatic carbocycles. The second-order valence-corrected chi connectivity index (χ2v) is 8.64. The average Bonchev–Trinajstić information content (AvgIpc) is 2.81. The quantitative estimate of drug-likeness (QED) is 0.413. The van der Waals surface area contributed by atoms with Gasteiger partial charge in [0.2, 0.25) is 0 Å². The predicted molar refractivity (Wildman–Crippen MR) is 128 cm³/mol. The first-order valence-electron chi connectivity index (χ1n) is 10.6. The van der Waals surface area contributed by atoms with Crippen LogP contribution in [0.5, 0.6) is 0 Å². The van der Waals surface area contributed by atoms with E-state index in [1.165, 1.54) is 29.3 Å². The van der Waals surface area contributed by atoms with Crippen LogP contribution in [0.1, 0.15) is 27.0 Å². The number of aromatic nitrogens is 2. The number of carbonyl (C=O) groups excluding carboxylic acids is 1. The fourth-order valence-corrected chi connectivity index (χ4v) is 4.23. The molecule has 3 aromatic rings. The Bertz CT molecular complexity index is 1220. The van der Waals surface area contributed by atoms with E-state index < -0.39 is 4.92 Å². The lowest BCUT2D eigenvalue weighted by Gasteiger charge is -2.35. The van der Waals surface area contributed by atoms with Crippen LogP contribution in [0.2, 0.25) is 5.02 Å². The molecule has 1 aliphatic rings. The number of benzene rings is 2. The number of nitrogens with zero attached hydrogens (tertiary/aromatic N) is 5. The van der Waals surface area contributed by atoms with Gasteiger partial charge in [0.05, 0.1) is 21.2 Å². The SMILES string of the molecule is Cc1cc(C)c(-c2ccc(N3CCN(C(=O)c4ccc([N+](=O)[O-])cc4Cl)CC3)nn2)cc1C. The highest BCUT2D eigenvalue weighted by Crippen LogP contribution is 2.27. The molecule has 4 rings (SSSR count). The Kier molecular flexibility index (Phi) is 6.29. The molecule has 0 saturated carbocycles. The van der Waals surface area contributed by atoms with Crippen molar-refractivity contribution in [1.82, 2.24) is 15.1 Å². The Morgan fingerprint density at radius 1 is 0.939 bits per heavy atom. The highest BCUT2D eigenvalue weighted by atomic mass is 35.5. The van der Waals surface area contributed by atoms with Crippen molar-refractivity contribution in [3.63, 3.8) is 0 Å². The third-order valence-electron chi connectivity index (χ3n) is 6.05. The van der Waals surface area contributed by atoms with Crippen molar-refractivity contribution in [2.75, 3.05) is 31.1 Å². The van der Waals surface area contributed by atoms with Gasteiger partial charge in [0.15, 0.2) is 5.82 Å². The number of amides is 1. The molecule has 1 aromatic heterocycles. The Labute approximate surface area is 197 Å². The Hall–Kier alpha value is -3.52. The number of non-ortho nitro benzene ring substituents is 1. The van der Waals surface area contributed by atoms with Crippen LogP contribution in [-0.2, 0) is 0 Å². The first kappa shape index (κ1) is 22.7. The highest BCUT2D eigenvalue weighted by Gasteiger charge is 2.25. The minimum Gasteiger partial charge on any atom is -0.352 e. The smallest absolute Gasteiger partial charge is 0.270 e. The molecule has 0 unspecified atom stereocenters. The summed E-state index contributed by atoms with van der Waals surface area (Å²) in [6.45, 7) is 8.45. The summed E-state index contributed by atoms with van der Waals surface area (Å²) in [4.78, 5) is 27.0. The molecule has 33 heavy (non-hydrogen) atoms. The molecule has 1 fully saturated rings. The molecule has 2 heterocycles. The lowest BCUT2D eigenvalue weighted by atomic mass is 9.99. The maximum atomic E-state index is 12.9. The number of nitro groups is 1. The summed E-state index contributed by atoms with van der Waals surface area (Å²) in [5.41, 5.74) is 5.67. The largest absolute Gasteiger partial charge is 0.352 e. The zero-order valence-corrected chi connectivity index (χ0v) is 19.5. The molecule has 0 N–H and O–H groups in total. The number of piperazine rings is 1. The maximum Gasteiger partial charge on any atom is 0.270 e. The van der Waals surface area contributed by atoms with Crippen molar-refractivity contribution in [2.24, 2.45) is 0 Å². The van der Waals surface area contributed by atoms with Gasteiger partial charge < -0.3 is 9.80 Å². The van der Waals surface area contributed by atoms with Crippen molar-refractivity contribution >= 4 is 29.0 Å². The fraction of sp³-hybridized carbons (Fsp3) is 0.292. The number of nitro benzene ring substituents is 1. The van der Waals surface area contributed by atoms with E-state index in [-0.39, 0.29) is 22.2 Å². The van der Waals surface area contributed by atoms with E-state index in [2.05, 4.69) is 48.0 Å². The van der Waals surface area contributed by atoms with Crippen molar-refractivity contribution in [3.05, 3.63) is 79.9 Å². The molecule has 0 aliphatic carbocycles. The first-order chi connectivity index (χ1) is 15.7. The molecule has 0 atom stereocenters. The molecule has 1 aliphatic heterocycles. The minimum absolute atomic E-state index is 0.0831. The van der Waals surface area contributed by atoms with Crippen LogP contribution in [0.4, 0.5) is 11.5 Å². The van der Waals surface area contributed by atoms with Crippen LogP contribution < -0.4 is 4.90 Å². The van der Waals surface area contributed by atoms with Gasteiger partial charge in [-0.25, -0.2) is 0 Å². The summed E-state index contributed by atoms with van der Waals surface area (Å²) in [5, 5.41) is 19.8. The number of rotatable bonds is 4. The van der Waals surface area contributed by atoms with E-state index in [9.17, 15) is 14.9 Å². The van der Waals surface area contributed by atoms with Crippen LogP contribution >= 0.6 is 11.6 Å². The number of halogens is 1. The van der Waals surface area contributed by atoms with Crippen molar-refractivity contribution < 1.29 is 9.72 Å². The fourth-order valence-electron chi connectivity index (χ4n) is 3.97. The zero-order valence-electron chi connectivity index (χ0n) is 18.7. The molecule has 0 bridgehead atoms. The van der Waals surface area contributed by atoms with Gasteiger partial charge >= 0.3 is 0 Å². The number of hydrogen-bond acceptors (Lipinski definition) is 6. The van der Waals surface area contributed by atoms with Gasteiger partial charge in [0.1, 0.15) is 0 Å². The monoisotopic (exact) mass is 465 g/mol. The van der Waals surface area contributed by atoms with E-state index in [1.807, 2.05) is 12.1 Å². The van der Waals surface area contributed by atoms with Gasteiger partial charge in [0, 0.05) is 43.9 Å². The molecule has 9 heteroatoms. The molecule has 0 radical (unpaired) electrons. The molecule has 1 saturated heterocycles. The lowest BCUT2D eigenvalue weighted by molar-refractivity contribution is -0.384. The van der Waals surface area contributed by atoms with E-state index >= 15 is 0 Å². The number of anilines is 1. The van der Waals surface area contributed by atoms with Crippen molar-refractivity contribution in [3.8, 4) is 11.3 Å². The molecule has 170 valence electrons. The maximum absolute atomic E-state index is 12.9. The van der Waals surface area contributed by atoms with Gasteiger partial charge in [-0.1, -0.05) is 17.7 Å². The van der Waals surface area contributed by atoms with Crippen LogP contribution in [0.25, 0.3) is 11.3 Å². The van der Waals surface area contributed by atoms with Gasteiger partial charge in [-0.05, 0) is 61.7 Å². The molecular formula is C24H24ClN5O3. The Balaban J connectivity index is 1.42. The number of carbonyl (C=O) groups is 1. The van der Waals surface area contributed by atoms with Crippen LogP contribution in [0, 0.1) is 30.9 Å². The normalized spacial score (nSPS) is 13.8. The molecule has 1 amide bonds. The van der Waals surface area contributed by atoms with Gasteiger partial charge in [-0.15, -0.1) is 10.2 Å². The molecule has 0 spiro atoms. The Morgan fingerprint density at radius 3 is 2.24 bits per heavy atom. The Morgan fingerprint density at radius 2 is 1.64 bits per heavy atom. The lowest BCUT2D eigenvalue weighted by Crippen LogP contribution is -2.49. The number of hydrogen-bond donors (Lipinski definition) is 0. The first-order valence-corrected chi connectivity index (χ1v) is 11.0. The summed E-state index contributed by atoms with van der Waals surface area (Å²) < 4.78 is 0. The minimum atomic E-state index is -0.535. The molecular weight excluding hydrogens is 442 g/mol. The zero-order chi connectivity index (χ0) is 23.7.